The molecule has 0 bridgehead atoms. The number of fused-ring (bicyclic) bond motifs is 6. The molecule has 0 saturated heterocycles. The summed E-state index contributed by atoms with van der Waals surface area (Å²) in [6.07, 6.45) is 5.40. The molecule has 32 heavy (non-hydrogen) atoms. The molecule has 0 N–H and O–H groups in total. The molecule has 0 spiro atoms. The van der Waals surface area contributed by atoms with Crippen LogP contribution in [0.5, 0.6) is 0 Å². The van der Waals surface area contributed by atoms with Crippen LogP contribution >= 0.6 is 0 Å². The number of rotatable bonds is 2. The Bertz CT molecular complexity index is 1630. The van der Waals surface area contributed by atoms with Crippen LogP contribution in [0, 0.1) is 0 Å². The summed E-state index contributed by atoms with van der Waals surface area (Å²) in [5.74, 6) is 1.57. The largest absolute Gasteiger partial charge is 0.294 e. The lowest BCUT2D eigenvalue weighted by atomic mass is 10.1. The third kappa shape index (κ3) is 2.30. The number of hydrogen-bond acceptors (Lipinski definition) is 3. The third-order valence-corrected chi connectivity index (χ3v) is 6.10. The molecular formula is C27H17N5. The average molecular weight is 411 g/mol. The van der Waals surface area contributed by atoms with Crippen molar-refractivity contribution < 1.29 is 0 Å². The van der Waals surface area contributed by atoms with E-state index in [0.717, 1.165) is 27.9 Å². The fourth-order valence-corrected chi connectivity index (χ4v) is 4.79. The minimum Gasteiger partial charge on any atom is -0.294 e. The maximum absolute atomic E-state index is 4.66. The maximum Gasteiger partial charge on any atom is 0.234 e. The second-order valence-electron chi connectivity index (χ2n) is 7.83. The van der Waals surface area contributed by atoms with Crippen molar-refractivity contribution in [2.24, 2.45) is 0 Å². The summed E-state index contributed by atoms with van der Waals surface area (Å²) < 4.78 is 4.38. The van der Waals surface area contributed by atoms with Gasteiger partial charge in [-0.2, -0.15) is 0 Å². The molecule has 150 valence electrons. The minimum atomic E-state index is 0.665. The summed E-state index contributed by atoms with van der Waals surface area (Å²) in [5.41, 5.74) is 4.41. The molecule has 5 nitrogen and oxygen atoms in total. The lowest BCUT2D eigenvalue weighted by Gasteiger charge is -2.08. The quantitative estimate of drug-likeness (QED) is 0.347. The first-order chi connectivity index (χ1) is 15.9. The number of nitrogens with zero attached hydrogens (tertiary/aromatic N) is 5. The zero-order valence-corrected chi connectivity index (χ0v) is 17.1. The molecule has 4 heterocycles. The van der Waals surface area contributed by atoms with Crippen molar-refractivity contribution in [1.82, 2.24) is 24.1 Å². The van der Waals surface area contributed by atoms with Crippen LogP contribution < -0.4 is 0 Å². The minimum absolute atomic E-state index is 0.665. The highest BCUT2D eigenvalue weighted by Gasteiger charge is 2.18. The summed E-state index contributed by atoms with van der Waals surface area (Å²) in [6, 6.07) is 29.3. The first-order valence-electron chi connectivity index (χ1n) is 10.6. The molecule has 4 aromatic heterocycles. The third-order valence-electron chi connectivity index (χ3n) is 6.10. The second-order valence-corrected chi connectivity index (χ2v) is 7.83. The highest BCUT2D eigenvalue weighted by molar-refractivity contribution is 6.19. The fraction of sp³-hybridized carbons (Fsp3) is 0. The number of benzene rings is 3. The van der Waals surface area contributed by atoms with Crippen molar-refractivity contribution in [1.29, 1.82) is 0 Å². The van der Waals surface area contributed by atoms with Gasteiger partial charge in [-0.25, -0.2) is 15.0 Å². The molecule has 7 rings (SSSR count). The Balaban J connectivity index is 1.71. The van der Waals surface area contributed by atoms with Gasteiger partial charge in [0.15, 0.2) is 0 Å². The van der Waals surface area contributed by atoms with E-state index in [1.807, 2.05) is 30.5 Å². The molecule has 0 aliphatic heterocycles. The number of para-hydroxylation sites is 2. The van der Waals surface area contributed by atoms with Crippen LogP contribution in [0.4, 0.5) is 0 Å². The normalized spacial score (nSPS) is 11.8. The molecule has 0 unspecified atom stereocenters. The van der Waals surface area contributed by atoms with Gasteiger partial charge in [-0.1, -0.05) is 42.5 Å². The van der Waals surface area contributed by atoms with Crippen molar-refractivity contribution >= 4 is 43.6 Å². The molecule has 3 aromatic carbocycles. The first kappa shape index (κ1) is 17.2. The zero-order valence-electron chi connectivity index (χ0n) is 17.1. The summed E-state index contributed by atoms with van der Waals surface area (Å²) in [7, 11) is 0. The Hall–Kier alpha value is -4.51. The van der Waals surface area contributed by atoms with Gasteiger partial charge in [0.05, 0.1) is 22.1 Å². The highest BCUT2D eigenvalue weighted by atomic mass is 15.1. The molecule has 5 heteroatoms. The average Bonchev–Trinajstić information content (AvgIpc) is 3.36. The van der Waals surface area contributed by atoms with E-state index in [-0.39, 0.29) is 0 Å². The predicted molar refractivity (Wildman–Crippen MR) is 129 cm³/mol. The molecule has 0 atom stereocenters. The summed E-state index contributed by atoms with van der Waals surface area (Å²) in [4.78, 5) is 13.8. The Morgan fingerprint density at radius 2 is 1.03 bits per heavy atom. The Labute approximate surface area is 183 Å². The van der Waals surface area contributed by atoms with Crippen LogP contribution in [0.3, 0.4) is 0 Å². The fourth-order valence-electron chi connectivity index (χ4n) is 4.79. The molecule has 0 saturated carbocycles. The number of aromatic nitrogens is 5. The summed E-state index contributed by atoms with van der Waals surface area (Å²) >= 11 is 0. The van der Waals surface area contributed by atoms with Gasteiger partial charge in [0.1, 0.15) is 5.82 Å². The predicted octanol–water partition coefficient (Wildman–Crippen LogP) is 6.07. The van der Waals surface area contributed by atoms with Crippen molar-refractivity contribution in [2.75, 3.05) is 0 Å². The van der Waals surface area contributed by atoms with Gasteiger partial charge in [-0.15, -0.1) is 0 Å². The van der Waals surface area contributed by atoms with E-state index in [0.29, 0.717) is 5.95 Å². The van der Waals surface area contributed by atoms with Crippen molar-refractivity contribution in [2.45, 2.75) is 0 Å². The van der Waals surface area contributed by atoms with Crippen molar-refractivity contribution in [3.63, 3.8) is 0 Å². The van der Waals surface area contributed by atoms with Gasteiger partial charge in [0.2, 0.25) is 5.95 Å². The molecule has 0 aliphatic rings. The molecule has 0 radical (unpaired) electrons. The summed E-state index contributed by atoms with van der Waals surface area (Å²) in [6.45, 7) is 0. The smallest absolute Gasteiger partial charge is 0.234 e. The molecule has 0 fully saturated rings. The molecule has 0 aliphatic carbocycles. The summed E-state index contributed by atoms with van der Waals surface area (Å²) in [5, 5.41) is 4.79. The first-order valence-corrected chi connectivity index (χ1v) is 10.6. The van der Waals surface area contributed by atoms with Gasteiger partial charge in [0, 0.05) is 40.1 Å². The topological polar surface area (TPSA) is 48.5 Å². The van der Waals surface area contributed by atoms with Crippen molar-refractivity contribution in [3.05, 3.63) is 104 Å². The van der Waals surface area contributed by atoms with Crippen molar-refractivity contribution in [3.8, 4) is 11.8 Å². The van der Waals surface area contributed by atoms with Gasteiger partial charge >= 0.3 is 0 Å². The highest BCUT2D eigenvalue weighted by Crippen LogP contribution is 2.38. The maximum atomic E-state index is 4.66. The SMILES string of the molecule is c1ccc(-n2c3ccccc3c3cc4c5ccccc5n(-c5ncccn5)c4cc32)nc1. The molecular weight excluding hydrogens is 394 g/mol. The van der Waals surface area contributed by atoms with Gasteiger partial charge in [-0.3, -0.25) is 9.13 Å². The standard InChI is InChI=1S/C27H17N5/c1-3-10-22-18(8-1)20-16-21-19-9-2-4-11-23(19)32(27-29-14-7-15-30-27)25(21)17-24(20)31(22)26-12-5-6-13-28-26/h1-17H. The molecule has 0 amide bonds. The van der Waals surface area contributed by atoms with E-state index in [9.17, 15) is 0 Å². The van der Waals surface area contributed by atoms with Gasteiger partial charge in [-0.05, 0) is 42.5 Å². The van der Waals surface area contributed by atoms with E-state index in [2.05, 4.69) is 84.7 Å². The van der Waals surface area contributed by atoms with E-state index >= 15 is 0 Å². The van der Waals surface area contributed by atoms with Gasteiger partial charge < -0.3 is 0 Å². The van der Waals surface area contributed by atoms with E-state index in [1.54, 1.807) is 12.4 Å². The van der Waals surface area contributed by atoms with E-state index in [4.69, 9.17) is 0 Å². The zero-order chi connectivity index (χ0) is 21.1. The number of hydrogen-bond donors (Lipinski definition) is 0. The van der Waals surface area contributed by atoms with Gasteiger partial charge in [0.25, 0.3) is 0 Å². The lowest BCUT2D eigenvalue weighted by molar-refractivity contribution is 0.988. The van der Waals surface area contributed by atoms with Crippen LogP contribution in [0.2, 0.25) is 0 Å². The second kappa shape index (κ2) is 6.49. The van der Waals surface area contributed by atoms with Crippen LogP contribution in [0.1, 0.15) is 0 Å². The number of pyridine rings is 1. The van der Waals surface area contributed by atoms with E-state index in [1.165, 1.54) is 21.5 Å². The van der Waals surface area contributed by atoms with Crippen LogP contribution in [-0.2, 0) is 0 Å². The van der Waals surface area contributed by atoms with E-state index < -0.39 is 0 Å². The Kier molecular flexibility index (Phi) is 3.49. The lowest BCUT2D eigenvalue weighted by Crippen LogP contribution is -2.00. The monoisotopic (exact) mass is 411 g/mol. The van der Waals surface area contributed by atoms with Crippen LogP contribution in [-0.4, -0.2) is 24.1 Å². The Morgan fingerprint density at radius 3 is 1.72 bits per heavy atom. The van der Waals surface area contributed by atoms with Crippen LogP contribution in [0.25, 0.3) is 55.4 Å². The van der Waals surface area contributed by atoms with Crippen LogP contribution in [0.15, 0.2) is 104 Å². The Morgan fingerprint density at radius 1 is 0.438 bits per heavy atom. The molecule has 7 aromatic rings.